The van der Waals surface area contributed by atoms with Crippen LogP contribution in [0.25, 0.3) is 0 Å². The van der Waals surface area contributed by atoms with Crippen molar-refractivity contribution in [2.75, 3.05) is 6.54 Å². The van der Waals surface area contributed by atoms with Crippen LogP contribution in [0.15, 0.2) is 41.2 Å². The molecule has 28 heavy (non-hydrogen) atoms. The summed E-state index contributed by atoms with van der Waals surface area (Å²) in [5.41, 5.74) is 0.500. The Morgan fingerprint density at radius 2 is 1.82 bits per heavy atom. The second kappa shape index (κ2) is 7.42. The predicted molar refractivity (Wildman–Crippen MR) is 102 cm³/mol. The zero-order valence-electron chi connectivity index (χ0n) is 15.8. The van der Waals surface area contributed by atoms with Gasteiger partial charge in [-0.15, -0.1) is 0 Å². The van der Waals surface area contributed by atoms with Crippen molar-refractivity contribution in [1.29, 1.82) is 0 Å². The van der Waals surface area contributed by atoms with Gasteiger partial charge < -0.3 is 15.0 Å². The molecule has 0 aliphatic heterocycles. The number of amides is 1. The van der Waals surface area contributed by atoms with Gasteiger partial charge in [0.1, 0.15) is 12.1 Å². The molecule has 1 aliphatic rings. The van der Waals surface area contributed by atoms with Crippen LogP contribution in [0, 0.1) is 5.41 Å². The SMILES string of the molecule is CC1(C)CC(=O)c2cc(C(=O)N(CC(=O)O)Cc3ccccc3)c(=O)[nH]c2C1. The molecule has 0 radical (unpaired) electrons. The quantitative estimate of drug-likeness (QED) is 0.825. The van der Waals surface area contributed by atoms with Crippen LogP contribution >= 0.6 is 0 Å². The molecular formula is C21H22N2O5. The van der Waals surface area contributed by atoms with E-state index < -0.39 is 24.0 Å². The van der Waals surface area contributed by atoms with Gasteiger partial charge in [-0.1, -0.05) is 44.2 Å². The lowest BCUT2D eigenvalue weighted by atomic mass is 9.75. The normalized spacial score (nSPS) is 15.0. The average molecular weight is 382 g/mol. The third kappa shape index (κ3) is 4.19. The minimum absolute atomic E-state index is 0.0451. The molecule has 1 aromatic heterocycles. The van der Waals surface area contributed by atoms with Crippen molar-refractivity contribution >= 4 is 17.7 Å². The maximum atomic E-state index is 13.0. The van der Waals surface area contributed by atoms with E-state index in [4.69, 9.17) is 0 Å². The summed E-state index contributed by atoms with van der Waals surface area (Å²) in [4.78, 5) is 53.0. The van der Waals surface area contributed by atoms with Crippen LogP contribution in [-0.2, 0) is 17.8 Å². The van der Waals surface area contributed by atoms with Crippen molar-refractivity contribution in [3.63, 3.8) is 0 Å². The molecule has 2 aromatic rings. The molecule has 0 atom stereocenters. The molecule has 2 N–H and O–H groups in total. The topological polar surface area (TPSA) is 108 Å². The molecule has 1 aromatic carbocycles. The van der Waals surface area contributed by atoms with E-state index in [0.29, 0.717) is 24.1 Å². The fourth-order valence-electron chi connectivity index (χ4n) is 3.52. The Bertz CT molecular complexity index is 992. The van der Waals surface area contributed by atoms with Crippen LogP contribution in [0.3, 0.4) is 0 Å². The molecule has 146 valence electrons. The van der Waals surface area contributed by atoms with Gasteiger partial charge in [0.15, 0.2) is 5.78 Å². The number of pyridine rings is 1. The van der Waals surface area contributed by atoms with Gasteiger partial charge >= 0.3 is 5.97 Å². The van der Waals surface area contributed by atoms with Crippen molar-refractivity contribution in [2.45, 2.75) is 33.2 Å². The number of H-pyrrole nitrogens is 1. The number of Topliss-reactive ketones (excluding diaryl/α,β-unsaturated/α-hetero) is 1. The van der Waals surface area contributed by atoms with Crippen LogP contribution in [0.5, 0.6) is 0 Å². The number of nitrogens with one attached hydrogen (secondary N) is 1. The number of carboxylic acid groups (broad SMARTS) is 1. The van der Waals surface area contributed by atoms with Crippen molar-refractivity contribution in [3.05, 3.63) is 69.1 Å². The monoisotopic (exact) mass is 382 g/mol. The molecular weight excluding hydrogens is 360 g/mol. The zero-order chi connectivity index (χ0) is 20.5. The van der Waals surface area contributed by atoms with E-state index in [1.165, 1.54) is 6.07 Å². The molecule has 1 heterocycles. The highest BCUT2D eigenvalue weighted by Crippen LogP contribution is 2.33. The first-order valence-electron chi connectivity index (χ1n) is 9.01. The van der Waals surface area contributed by atoms with Gasteiger partial charge in [0.25, 0.3) is 11.5 Å². The average Bonchev–Trinajstić information content (AvgIpc) is 2.59. The number of aromatic amines is 1. The summed E-state index contributed by atoms with van der Waals surface area (Å²) in [6, 6.07) is 10.2. The molecule has 7 heteroatoms. The van der Waals surface area contributed by atoms with Gasteiger partial charge in [0, 0.05) is 24.2 Å². The van der Waals surface area contributed by atoms with E-state index >= 15 is 0 Å². The van der Waals surface area contributed by atoms with Gasteiger partial charge in [-0.05, 0) is 23.5 Å². The van der Waals surface area contributed by atoms with Crippen LogP contribution in [-0.4, -0.2) is 39.2 Å². The molecule has 0 unspecified atom stereocenters. The lowest BCUT2D eigenvalue weighted by molar-refractivity contribution is -0.137. The minimum Gasteiger partial charge on any atom is -0.480 e. The first-order chi connectivity index (χ1) is 13.2. The number of carboxylic acids is 1. The Labute approximate surface area is 162 Å². The largest absolute Gasteiger partial charge is 0.480 e. The Balaban J connectivity index is 1.97. The maximum Gasteiger partial charge on any atom is 0.323 e. The van der Waals surface area contributed by atoms with Gasteiger partial charge in [0.05, 0.1) is 0 Å². The van der Waals surface area contributed by atoms with Crippen molar-refractivity contribution in [1.82, 2.24) is 9.88 Å². The highest BCUT2D eigenvalue weighted by Gasteiger charge is 2.33. The van der Waals surface area contributed by atoms with Crippen molar-refractivity contribution in [2.24, 2.45) is 5.41 Å². The maximum absolute atomic E-state index is 13.0. The third-order valence-electron chi connectivity index (χ3n) is 4.78. The molecule has 1 amide bonds. The van der Waals surface area contributed by atoms with Gasteiger partial charge in [-0.3, -0.25) is 19.2 Å². The van der Waals surface area contributed by atoms with E-state index in [9.17, 15) is 24.3 Å². The number of fused-ring (bicyclic) bond motifs is 1. The van der Waals surface area contributed by atoms with E-state index in [1.54, 1.807) is 24.3 Å². The Morgan fingerprint density at radius 1 is 1.14 bits per heavy atom. The Hall–Kier alpha value is -3.22. The summed E-state index contributed by atoms with van der Waals surface area (Å²) < 4.78 is 0. The summed E-state index contributed by atoms with van der Waals surface area (Å²) >= 11 is 0. The van der Waals surface area contributed by atoms with Crippen LogP contribution in [0.2, 0.25) is 0 Å². The fourth-order valence-corrected chi connectivity index (χ4v) is 3.52. The first-order valence-corrected chi connectivity index (χ1v) is 9.01. The molecule has 0 bridgehead atoms. The molecule has 0 saturated heterocycles. The Morgan fingerprint density at radius 3 is 2.46 bits per heavy atom. The van der Waals surface area contributed by atoms with Crippen LogP contribution < -0.4 is 5.56 Å². The summed E-state index contributed by atoms with van der Waals surface area (Å²) in [7, 11) is 0. The number of aliphatic carboxylic acids is 1. The standard InChI is InChI=1S/C21H22N2O5/c1-21(2)9-16-14(17(24)10-21)8-15(19(27)22-16)20(28)23(12-18(25)26)11-13-6-4-3-5-7-13/h3-8H,9-12H2,1-2H3,(H,22,27)(H,25,26). The lowest BCUT2D eigenvalue weighted by Gasteiger charge is -2.30. The predicted octanol–water partition coefficient (Wildman–Crippen LogP) is 2.26. The summed E-state index contributed by atoms with van der Waals surface area (Å²) in [5.74, 6) is -2.03. The van der Waals surface area contributed by atoms with Crippen molar-refractivity contribution < 1.29 is 19.5 Å². The first kappa shape index (κ1) is 19.5. The number of benzene rings is 1. The molecule has 0 saturated carbocycles. The number of rotatable bonds is 5. The van der Waals surface area contributed by atoms with E-state index in [1.807, 2.05) is 19.9 Å². The summed E-state index contributed by atoms with van der Waals surface area (Å²) in [6.07, 6.45) is 0.850. The van der Waals surface area contributed by atoms with Crippen molar-refractivity contribution in [3.8, 4) is 0 Å². The number of carbonyl (C=O) groups excluding carboxylic acids is 2. The molecule has 1 aliphatic carbocycles. The number of carbonyl (C=O) groups is 3. The van der Waals surface area contributed by atoms with Gasteiger partial charge in [0.2, 0.25) is 0 Å². The molecule has 0 spiro atoms. The minimum atomic E-state index is -1.18. The fraction of sp³-hybridized carbons (Fsp3) is 0.333. The number of ketones is 1. The van der Waals surface area contributed by atoms with E-state index in [-0.39, 0.29) is 23.3 Å². The van der Waals surface area contributed by atoms with E-state index in [0.717, 1.165) is 10.5 Å². The lowest BCUT2D eigenvalue weighted by Crippen LogP contribution is -2.39. The number of hydrogen-bond acceptors (Lipinski definition) is 4. The number of hydrogen-bond donors (Lipinski definition) is 2. The number of nitrogens with zero attached hydrogens (tertiary/aromatic N) is 1. The molecule has 0 fully saturated rings. The third-order valence-corrected chi connectivity index (χ3v) is 4.78. The zero-order valence-corrected chi connectivity index (χ0v) is 15.8. The van der Waals surface area contributed by atoms with Gasteiger partial charge in [-0.2, -0.15) is 0 Å². The summed E-state index contributed by atoms with van der Waals surface area (Å²) in [5, 5.41) is 9.18. The Kier molecular flexibility index (Phi) is 5.18. The van der Waals surface area contributed by atoms with Crippen LogP contribution in [0.4, 0.5) is 0 Å². The van der Waals surface area contributed by atoms with E-state index in [2.05, 4.69) is 4.98 Å². The smallest absolute Gasteiger partial charge is 0.323 e. The molecule has 7 nitrogen and oxygen atoms in total. The van der Waals surface area contributed by atoms with Crippen LogP contribution in [0.1, 0.15) is 52.2 Å². The molecule has 3 rings (SSSR count). The number of aromatic nitrogens is 1. The van der Waals surface area contributed by atoms with Gasteiger partial charge in [-0.25, -0.2) is 0 Å². The summed E-state index contributed by atoms with van der Waals surface area (Å²) in [6.45, 7) is 3.38. The second-order valence-corrected chi connectivity index (χ2v) is 7.89. The highest BCUT2D eigenvalue weighted by atomic mass is 16.4. The highest BCUT2D eigenvalue weighted by molar-refractivity contribution is 6.02. The second-order valence-electron chi connectivity index (χ2n) is 7.89.